The van der Waals surface area contributed by atoms with Crippen molar-refractivity contribution in [2.45, 2.75) is 13.0 Å². The summed E-state index contributed by atoms with van der Waals surface area (Å²) in [6.45, 7) is 1.80. The number of hydrogen-bond donors (Lipinski definition) is 1. The van der Waals surface area contributed by atoms with Gasteiger partial charge in [-0.25, -0.2) is 8.78 Å². The Labute approximate surface area is 112 Å². The van der Waals surface area contributed by atoms with Gasteiger partial charge >= 0.3 is 0 Å². The molecule has 0 spiro atoms. The predicted octanol–water partition coefficient (Wildman–Crippen LogP) is 3.94. The Morgan fingerprint density at radius 2 is 1.94 bits per heavy atom. The number of rotatable bonds is 3. The second-order valence-corrected chi connectivity index (χ2v) is 4.81. The molecule has 0 radical (unpaired) electrons. The van der Waals surface area contributed by atoms with Crippen molar-refractivity contribution in [2.24, 2.45) is 0 Å². The van der Waals surface area contributed by atoms with E-state index in [9.17, 15) is 8.78 Å². The molecule has 1 aromatic carbocycles. The van der Waals surface area contributed by atoms with Crippen molar-refractivity contribution in [1.29, 1.82) is 0 Å². The van der Waals surface area contributed by atoms with Gasteiger partial charge in [-0.1, -0.05) is 0 Å². The van der Waals surface area contributed by atoms with Gasteiger partial charge in [0.2, 0.25) is 0 Å². The van der Waals surface area contributed by atoms with Crippen LogP contribution in [0.2, 0.25) is 0 Å². The van der Waals surface area contributed by atoms with Gasteiger partial charge in [-0.3, -0.25) is 0 Å². The van der Waals surface area contributed by atoms with Crippen molar-refractivity contribution in [1.82, 2.24) is 5.32 Å². The predicted molar refractivity (Wildman–Crippen MR) is 68.4 cm³/mol. The lowest BCUT2D eigenvalue weighted by atomic mass is 10.0. The molecule has 0 aliphatic heterocycles. The molecule has 1 heterocycles. The zero-order valence-electron chi connectivity index (χ0n) is 9.93. The van der Waals surface area contributed by atoms with Crippen LogP contribution in [0.5, 0.6) is 0 Å². The largest absolute Gasteiger partial charge is 0.464 e. The molecule has 1 aromatic heterocycles. The van der Waals surface area contributed by atoms with E-state index in [4.69, 9.17) is 4.42 Å². The first kappa shape index (κ1) is 13.2. The Bertz CT molecular complexity index is 568. The van der Waals surface area contributed by atoms with Crippen LogP contribution in [0.3, 0.4) is 0 Å². The summed E-state index contributed by atoms with van der Waals surface area (Å²) in [5.41, 5.74) is 0.215. The molecule has 0 aliphatic rings. The van der Waals surface area contributed by atoms with E-state index in [0.29, 0.717) is 5.76 Å². The van der Waals surface area contributed by atoms with Gasteiger partial charge in [0, 0.05) is 5.56 Å². The standard InChI is InChI=1S/C13H12BrF2NO/c1-7-3-4-12(18-7)13(17-2)8-5-11(16)9(14)6-10(8)15/h3-6,13,17H,1-2H3. The third-order valence-corrected chi connectivity index (χ3v) is 3.29. The topological polar surface area (TPSA) is 25.2 Å². The summed E-state index contributed by atoms with van der Waals surface area (Å²) in [4.78, 5) is 0. The number of halogens is 3. The van der Waals surface area contributed by atoms with E-state index in [1.165, 1.54) is 6.07 Å². The van der Waals surface area contributed by atoms with Gasteiger partial charge in [-0.15, -0.1) is 0 Å². The average molecular weight is 316 g/mol. The molecular weight excluding hydrogens is 304 g/mol. The highest BCUT2D eigenvalue weighted by atomic mass is 79.9. The van der Waals surface area contributed by atoms with Crippen LogP contribution in [0, 0.1) is 18.6 Å². The second kappa shape index (κ2) is 5.20. The van der Waals surface area contributed by atoms with Crippen LogP contribution < -0.4 is 5.32 Å². The quantitative estimate of drug-likeness (QED) is 0.868. The van der Waals surface area contributed by atoms with Crippen LogP contribution in [-0.4, -0.2) is 7.05 Å². The molecule has 0 fully saturated rings. The van der Waals surface area contributed by atoms with Crippen LogP contribution in [0.1, 0.15) is 23.1 Å². The van der Waals surface area contributed by atoms with Crippen molar-refractivity contribution >= 4 is 15.9 Å². The first-order chi connectivity index (χ1) is 8.52. The first-order valence-corrected chi connectivity index (χ1v) is 6.20. The molecule has 5 heteroatoms. The molecule has 1 N–H and O–H groups in total. The van der Waals surface area contributed by atoms with E-state index in [0.717, 1.165) is 11.8 Å². The van der Waals surface area contributed by atoms with E-state index >= 15 is 0 Å². The number of aryl methyl sites for hydroxylation is 1. The van der Waals surface area contributed by atoms with Crippen molar-refractivity contribution in [3.8, 4) is 0 Å². The van der Waals surface area contributed by atoms with E-state index in [-0.39, 0.29) is 10.0 Å². The normalized spacial score (nSPS) is 12.7. The van der Waals surface area contributed by atoms with Gasteiger partial charge in [0.15, 0.2) is 0 Å². The highest BCUT2D eigenvalue weighted by Crippen LogP contribution is 2.29. The molecular formula is C13H12BrF2NO. The summed E-state index contributed by atoms with van der Waals surface area (Å²) in [5.74, 6) is 0.283. The average Bonchev–Trinajstić information content (AvgIpc) is 2.73. The van der Waals surface area contributed by atoms with Crippen LogP contribution in [0.25, 0.3) is 0 Å². The number of nitrogens with one attached hydrogen (secondary N) is 1. The van der Waals surface area contributed by atoms with E-state index in [1.807, 2.05) is 0 Å². The van der Waals surface area contributed by atoms with Gasteiger partial charge in [0.1, 0.15) is 23.2 Å². The maximum absolute atomic E-state index is 13.9. The maximum Gasteiger partial charge on any atom is 0.137 e. The number of hydrogen-bond acceptors (Lipinski definition) is 2. The van der Waals surface area contributed by atoms with E-state index < -0.39 is 17.7 Å². The lowest BCUT2D eigenvalue weighted by molar-refractivity contribution is 0.434. The number of benzene rings is 1. The van der Waals surface area contributed by atoms with Gasteiger partial charge < -0.3 is 9.73 Å². The van der Waals surface area contributed by atoms with E-state index in [1.54, 1.807) is 26.1 Å². The molecule has 0 bridgehead atoms. The minimum absolute atomic E-state index is 0.106. The van der Waals surface area contributed by atoms with Crippen LogP contribution >= 0.6 is 15.9 Å². The lowest BCUT2D eigenvalue weighted by Crippen LogP contribution is -2.18. The number of furan rings is 1. The summed E-state index contributed by atoms with van der Waals surface area (Å²) in [7, 11) is 1.67. The van der Waals surface area contributed by atoms with Gasteiger partial charge in [-0.05, 0) is 54.2 Å². The Balaban J connectivity index is 2.48. The molecule has 18 heavy (non-hydrogen) atoms. The Hall–Kier alpha value is -1.20. The molecule has 0 aliphatic carbocycles. The molecule has 2 aromatic rings. The molecule has 0 saturated carbocycles. The molecule has 2 nitrogen and oxygen atoms in total. The Kier molecular flexibility index (Phi) is 3.82. The Morgan fingerprint density at radius 1 is 1.22 bits per heavy atom. The van der Waals surface area contributed by atoms with Crippen LogP contribution in [0.4, 0.5) is 8.78 Å². The Morgan fingerprint density at radius 3 is 2.50 bits per heavy atom. The highest BCUT2D eigenvalue weighted by Gasteiger charge is 2.21. The summed E-state index contributed by atoms with van der Waals surface area (Å²) in [5, 5.41) is 2.92. The minimum atomic E-state index is -0.513. The minimum Gasteiger partial charge on any atom is -0.464 e. The lowest BCUT2D eigenvalue weighted by Gasteiger charge is -2.15. The molecule has 0 amide bonds. The summed E-state index contributed by atoms with van der Waals surface area (Å²) in [6, 6.07) is 5.30. The highest BCUT2D eigenvalue weighted by molar-refractivity contribution is 9.10. The zero-order chi connectivity index (χ0) is 13.3. The van der Waals surface area contributed by atoms with Gasteiger partial charge in [-0.2, -0.15) is 0 Å². The fourth-order valence-corrected chi connectivity index (χ4v) is 2.13. The summed E-state index contributed by atoms with van der Waals surface area (Å²) >= 11 is 2.95. The zero-order valence-corrected chi connectivity index (χ0v) is 11.5. The third kappa shape index (κ3) is 2.47. The van der Waals surface area contributed by atoms with Crippen molar-refractivity contribution in [3.63, 3.8) is 0 Å². The fraction of sp³-hybridized carbons (Fsp3) is 0.231. The van der Waals surface area contributed by atoms with Gasteiger partial charge in [0.05, 0.1) is 10.5 Å². The maximum atomic E-state index is 13.9. The molecule has 1 atom stereocenters. The van der Waals surface area contributed by atoms with Crippen LogP contribution in [-0.2, 0) is 0 Å². The SMILES string of the molecule is CNC(c1ccc(C)o1)c1cc(F)c(Br)cc1F. The van der Waals surface area contributed by atoms with Crippen molar-refractivity contribution in [2.75, 3.05) is 7.05 Å². The second-order valence-electron chi connectivity index (χ2n) is 3.96. The van der Waals surface area contributed by atoms with Crippen molar-refractivity contribution in [3.05, 3.63) is 57.5 Å². The summed E-state index contributed by atoms with van der Waals surface area (Å²) in [6.07, 6.45) is 0. The third-order valence-electron chi connectivity index (χ3n) is 2.68. The molecule has 2 rings (SSSR count). The first-order valence-electron chi connectivity index (χ1n) is 5.41. The van der Waals surface area contributed by atoms with E-state index in [2.05, 4.69) is 21.2 Å². The molecule has 1 unspecified atom stereocenters. The van der Waals surface area contributed by atoms with Crippen LogP contribution in [0.15, 0.2) is 33.2 Å². The van der Waals surface area contributed by atoms with Gasteiger partial charge in [0.25, 0.3) is 0 Å². The molecule has 96 valence electrons. The monoisotopic (exact) mass is 315 g/mol. The van der Waals surface area contributed by atoms with Crippen molar-refractivity contribution < 1.29 is 13.2 Å². The summed E-state index contributed by atoms with van der Waals surface area (Å²) < 4.78 is 32.9. The smallest absolute Gasteiger partial charge is 0.137 e. The molecule has 0 saturated heterocycles. The fourth-order valence-electron chi connectivity index (χ4n) is 1.82.